The predicted molar refractivity (Wildman–Crippen MR) is 110 cm³/mol. The van der Waals surface area contributed by atoms with E-state index in [1.54, 1.807) is 11.9 Å². The van der Waals surface area contributed by atoms with Crippen molar-refractivity contribution >= 4 is 22.7 Å². The van der Waals surface area contributed by atoms with E-state index in [9.17, 15) is 9.59 Å². The third-order valence-corrected chi connectivity index (χ3v) is 5.80. The molecule has 2 heterocycles. The summed E-state index contributed by atoms with van der Waals surface area (Å²) in [6, 6.07) is 15.1. The van der Waals surface area contributed by atoms with Crippen molar-refractivity contribution in [1.82, 2.24) is 15.2 Å². The highest BCUT2D eigenvalue weighted by molar-refractivity contribution is 6.02. The average Bonchev–Trinajstić information content (AvgIpc) is 3.14. The van der Waals surface area contributed by atoms with Crippen LogP contribution in [0.2, 0.25) is 0 Å². The van der Waals surface area contributed by atoms with Gasteiger partial charge < -0.3 is 15.2 Å². The first-order chi connectivity index (χ1) is 13.5. The lowest BCUT2D eigenvalue weighted by atomic mass is 9.79. The molecule has 2 amide bonds. The van der Waals surface area contributed by atoms with Gasteiger partial charge in [-0.1, -0.05) is 43.3 Å². The molecule has 0 fully saturated rings. The number of hydrogen-bond donors (Lipinski definition) is 2. The first-order valence-corrected chi connectivity index (χ1v) is 9.75. The number of nitrogens with one attached hydrogen (secondary N) is 2. The molecule has 0 aliphatic carbocycles. The predicted octanol–water partition coefficient (Wildman–Crippen LogP) is 3.99. The zero-order valence-corrected chi connectivity index (χ0v) is 16.4. The summed E-state index contributed by atoms with van der Waals surface area (Å²) in [5, 5.41) is 4.16. The topological polar surface area (TPSA) is 65.2 Å². The second-order valence-electron chi connectivity index (χ2n) is 7.53. The van der Waals surface area contributed by atoms with Crippen LogP contribution in [-0.4, -0.2) is 34.8 Å². The van der Waals surface area contributed by atoms with Crippen molar-refractivity contribution in [2.24, 2.45) is 0 Å². The second-order valence-corrected chi connectivity index (χ2v) is 7.53. The Morgan fingerprint density at radius 2 is 1.86 bits per heavy atom. The van der Waals surface area contributed by atoms with E-state index in [-0.39, 0.29) is 23.9 Å². The van der Waals surface area contributed by atoms with Crippen LogP contribution in [0.4, 0.5) is 0 Å². The Bertz CT molecular complexity index is 1040. The van der Waals surface area contributed by atoms with Crippen LogP contribution >= 0.6 is 0 Å². The first kappa shape index (κ1) is 18.3. The number of nitrogens with zero attached hydrogens (tertiary/aromatic N) is 1. The van der Waals surface area contributed by atoms with Crippen LogP contribution in [0.25, 0.3) is 10.9 Å². The maximum Gasteiger partial charge on any atom is 0.254 e. The minimum absolute atomic E-state index is 0.0450. The van der Waals surface area contributed by atoms with Crippen molar-refractivity contribution in [1.29, 1.82) is 0 Å². The lowest BCUT2D eigenvalue weighted by Crippen LogP contribution is -2.47. The largest absolute Gasteiger partial charge is 0.361 e. The Labute approximate surface area is 164 Å². The van der Waals surface area contributed by atoms with Crippen molar-refractivity contribution in [3.63, 3.8) is 0 Å². The molecule has 0 saturated heterocycles. The fraction of sp³-hybridized carbons (Fsp3) is 0.304. The van der Waals surface area contributed by atoms with Crippen LogP contribution in [0.1, 0.15) is 53.7 Å². The Kier molecular flexibility index (Phi) is 4.67. The van der Waals surface area contributed by atoms with Gasteiger partial charge >= 0.3 is 0 Å². The summed E-state index contributed by atoms with van der Waals surface area (Å²) in [4.78, 5) is 31.4. The fourth-order valence-corrected chi connectivity index (χ4v) is 4.12. The molecule has 0 bridgehead atoms. The van der Waals surface area contributed by atoms with Gasteiger partial charge in [-0.2, -0.15) is 0 Å². The van der Waals surface area contributed by atoms with Crippen LogP contribution in [0.15, 0.2) is 54.7 Å². The van der Waals surface area contributed by atoms with Gasteiger partial charge in [-0.25, -0.2) is 0 Å². The monoisotopic (exact) mass is 375 g/mol. The molecule has 144 valence electrons. The molecular formula is C23H25N3O2. The Morgan fingerprint density at radius 1 is 1.14 bits per heavy atom. The lowest BCUT2D eigenvalue weighted by Gasteiger charge is -2.39. The fourth-order valence-electron chi connectivity index (χ4n) is 4.12. The van der Waals surface area contributed by atoms with Crippen molar-refractivity contribution in [2.75, 3.05) is 7.05 Å². The Morgan fingerprint density at radius 3 is 2.64 bits per heavy atom. The van der Waals surface area contributed by atoms with Gasteiger partial charge in [-0.15, -0.1) is 0 Å². The summed E-state index contributed by atoms with van der Waals surface area (Å²) in [6.45, 7) is 4.05. The zero-order valence-electron chi connectivity index (χ0n) is 16.4. The van der Waals surface area contributed by atoms with Gasteiger partial charge in [-0.05, 0) is 31.0 Å². The number of benzene rings is 2. The third kappa shape index (κ3) is 2.87. The van der Waals surface area contributed by atoms with E-state index in [0.29, 0.717) is 5.56 Å². The molecule has 2 N–H and O–H groups in total. The standard InChI is InChI=1S/C23H25N3O2/c1-4-14(2)25-22(27)20-16-10-5-6-11-17(16)23(28)26(3)21(20)18-13-24-19-12-8-7-9-15(18)19/h5-14,20-21,24H,4H2,1-3H3,(H,25,27). The maximum atomic E-state index is 13.4. The molecule has 1 aromatic heterocycles. The Balaban J connectivity index is 1.89. The van der Waals surface area contributed by atoms with Gasteiger partial charge in [0.2, 0.25) is 5.91 Å². The van der Waals surface area contributed by atoms with Crippen molar-refractivity contribution in [3.05, 3.63) is 71.4 Å². The van der Waals surface area contributed by atoms with Crippen molar-refractivity contribution < 1.29 is 9.59 Å². The van der Waals surface area contributed by atoms with E-state index in [2.05, 4.69) is 10.3 Å². The van der Waals surface area contributed by atoms with Crippen LogP contribution in [0.3, 0.4) is 0 Å². The van der Waals surface area contributed by atoms with Gasteiger partial charge in [0, 0.05) is 41.3 Å². The normalized spacial score (nSPS) is 20.1. The SMILES string of the molecule is CCC(C)NC(=O)C1c2ccccc2C(=O)N(C)C1c1c[nH]c2ccccc12. The number of aromatic nitrogens is 1. The summed E-state index contributed by atoms with van der Waals surface area (Å²) in [7, 11) is 1.79. The second kappa shape index (κ2) is 7.15. The van der Waals surface area contributed by atoms with Gasteiger partial charge in [-0.3, -0.25) is 9.59 Å². The van der Waals surface area contributed by atoms with E-state index in [4.69, 9.17) is 0 Å². The first-order valence-electron chi connectivity index (χ1n) is 9.75. The number of fused-ring (bicyclic) bond motifs is 2. The van der Waals surface area contributed by atoms with Crippen LogP contribution in [0.5, 0.6) is 0 Å². The molecule has 0 radical (unpaired) electrons. The summed E-state index contributed by atoms with van der Waals surface area (Å²) in [6.07, 6.45) is 2.78. The van der Waals surface area contributed by atoms with Gasteiger partial charge in [0.15, 0.2) is 0 Å². The summed E-state index contributed by atoms with van der Waals surface area (Å²) < 4.78 is 0. The molecular weight excluding hydrogens is 350 g/mol. The quantitative estimate of drug-likeness (QED) is 0.724. The van der Waals surface area contributed by atoms with Gasteiger partial charge in [0.05, 0.1) is 12.0 Å². The van der Waals surface area contributed by atoms with Crippen LogP contribution in [0, 0.1) is 0 Å². The molecule has 1 aliphatic heterocycles. The highest BCUT2D eigenvalue weighted by Crippen LogP contribution is 2.44. The molecule has 1 aliphatic rings. The summed E-state index contributed by atoms with van der Waals surface area (Å²) in [5.41, 5.74) is 3.36. The zero-order chi connectivity index (χ0) is 19.8. The summed E-state index contributed by atoms with van der Waals surface area (Å²) >= 11 is 0. The number of hydrogen-bond acceptors (Lipinski definition) is 2. The number of para-hydroxylation sites is 1. The summed E-state index contributed by atoms with van der Waals surface area (Å²) in [5.74, 6) is -0.568. The number of aromatic amines is 1. The van der Waals surface area contributed by atoms with Crippen molar-refractivity contribution in [2.45, 2.75) is 38.3 Å². The Hall–Kier alpha value is -3.08. The van der Waals surface area contributed by atoms with Crippen LogP contribution < -0.4 is 5.32 Å². The maximum absolute atomic E-state index is 13.4. The van der Waals surface area contributed by atoms with E-state index >= 15 is 0 Å². The molecule has 28 heavy (non-hydrogen) atoms. The van der Waals surface area contributed by atoms with E-state index in [0.717, 1.165) is 28.5 Å². The van der Waals surface area contributed by atoms with E-state index < -0.39 is 5.92 Å². The molecule has 4 rings (SSSR count). The molecule has 5 heteroatoms. The number of carbonyl (C=O) groups excluding carboxylic acids is 2. The minimum Gasteiger partial charge on any atom is -0.361 e. The molecule has 3 aromatic rings. The molecule has 5 nitrogen and oxygen atoms in total. The van der Waals surface area contributed by atoms with Gasteiger partial charge in [0.25, 0.3) is 5.91 Å². The molecule has 0 saturated carbocycles. The van der Waals surface area contributed by atoms with Crippen LogP contribution in [-0.2, 0) is 4.79 Å². The third-order valence-electron chi connectivity index (χ3n) is 5.80. The number of amides is 2. The molecule has 0 spiro atoms. The van der Waals surface area contributed by atoms with E-state index in [1.165, 1.54) is 0 Å². The number of likely N-dealkylation sites (N-methyl/N-ethyl adjacent to an activating group) is 1. The smallest absolute Gasteiger partial charge is 0.254 e. The molecule has 3 unspecified atom stereocenters. The number of carbonyl (C=O) groups is 2. The van der Waals surface area contributed by atoms with E-state index in [1.807, 2.05) is 68.6 Å². The van der Waals surface area contributed by atoms with Crippen molar-refractivity contribution in [3.8, 4) is 0 Å². The highest BCUT2D eigenvalue weighted by Gasteiger charge is 2.43. The highest BCUT2D eigenvalue weighted by atomic mass is 16.2. The lowest BCUT2D eigenvalue weighted by molar-refractivity contribution is -0.124. The number of rotatable bonds is 4. The number of H-pyrrole nitrogens is 1. The minimum atomic E-state index is -0.466. The molecule has 3 atom stereocenters. The molecule has 2 aromatic carbocycles. The average molecular weight is 375 g/mol. The van der Waals surface area contributed by atoms with Gasteiger partial charge in [0.1, 0.15) is 0 Å².